The number of alkyl halides is 3. The van der Waals surface area contributed by atoms with Gasteiger partial charge in [-0.2, -0.15) is 17.5 Å². The Kier molecular flexibility index (Phi) is 5.20. The standard InChI is InChI=1S/C18H17F4N3O2S/c1-3-25(17(18(20,21)22)12-4-6-13(19)7-5-12)28(26,27)14-8-9-15-16(10-14)24(2)11-23-15/h4-11,17H,3H2,1-2H3/t17-/m1/s1. The van der Waals surface area contributed by atoms with E-state index in [9.17, 15) is 26.0 Å². The first-order chi connectivity index (χ1) is 13.1. The molecule has 2 aromatic carbocycles. The Morgan fingerprint density at radius 2 is 1.79 bits per heavy atom. The lowest BCUT2D eigenvalue weighted by Gasteiger charge is -2.31. The van der Waals surface area contributed by atoms with Crippen molar-refractivity contribution >= 4 is 21.1 Å². The van der Waals surface area contributed by atoms with Crippen molar-refractivity contribution in [3.63, 3.8) is 0 Å². The van der Waals surface area contributed by atoms with E-state index in [0.717, 1.165) is 24.3 Å². The van der Waals surface area contributed by atoms with Crippen LogP contribution in [0.3, 0.4) is 0 Å². The van der Waals surface area contributed by atoms with Crippen LogP contribution in [0.1, 0.15) is 18.5 Å². The van der Waals surface area contributed by atoms with E-state index < -0.39 is 34.6 Å². The quantitative estimate of drug-likeness (QED) is 0.592. The first kappa shape index (κ1) is 20.3. The molecule has 0 unspecified atom stereocenters. The van der Waals surface area contributed by atoms with Crippen LogP contribution in [0.2, 0.25) is 0 Å². The third-order valence-corrected chi connectivity index (χ3v) is 6.34. The molecule has 0 bridgehead atoms. The molecule has 0 saturated carbocycles. The summed E-state index contributed by atoms with van der Waals surface area (Å²) in [4.78, 5) is 3.80. The van der Waals surface area contributed by atoms with Gasteiger partial charge in [0, 0.05) is 13.6 Å². The van der Waals surface area contributed by atoms with Crippen LogP contribution in [-0.4, -0.2) is 35.0 Å². The molecule has 0 amide bonds. The van der Waals surface area contributed by atoms with Crippen LogP contribution in [0, 0.1) is 5.82 Å². The molecule has 0 fully saturated rings. The van der Waals surface area contributed by atoms with Crippen molar-refractivity contribution in [3.05, 3.63) is 60.2 Å². The average molecular weight is 415 g/mol. The normalized spacial score (nSPS) is 14.0. The highest BCUT2D eigenvalue weighted by Gasteiger charge is 2.48. The predicted octanol–water partition coefficient (Wildman–Crippen LogP) is 4.03. The molecule has 0 radical (unpaired) electrons. The zero-order valence-corrected chi connectivity index (χ0v) is 15.8. The lowest BCUT2D eigenvalue weighted by Crippen LogP contribution is -2.42. The Morgan fingerprint density at radius 1 is 1.14 bits per heavy atom. The predicted molar refractivity (Wildman–Crippen MR) is 95.5 cm³/mol. The Hall–Kier alpha value is -2.46. The molecule has 1 atom stereocenters. The van der Waals surface area contributed by atoms with Crippen molar-refractivity contribution < 1.29 is 26.0 Å². The van der Waals surface area contributed by atoms with Gasteiger partial charge in [0.05, 0.1) is 22.3 Å². The monoisotopic (exact) mass is 415 g/mol. The molecule has 3 rings (SSSR count). The molecule has 0 aliphatic heterocycles. The molecular formula is C18H17F4N3O2S. The number of nitrogens with zero attached hydrogens (tertiary/aromatic N) is 3. The summed E-state index contributed by atoms with van der Waals surface area (Å²) in [5, 5.41) is 0. The van der Waals surface area contributed by atoms with E-state index >= 15 is 0 Å². The average Bonchev–Trinajstić information content (AvgIpc) is 3.00. The van der Waals surface area contributed by atoms with E-state index in [0.29, 0.717) is 15.3 Å². The van der Waals surface area contributed by atoms with Gasteiger partial charge in [-0.25, -0.2) is 17.8 Å². The second kappa shape index (κ2) is 7.17. The fraction of sp³-hybridized carbons (Fsp3) is 0.278. The highest BCUT2D eigenvalue weighted by molar-refractivity contribution is 7.89. The Balaban J connectivity index is 2.13. The Bertz CT molecular complexity index is 1090. The zero-order valence-electron chi connectivity index (χ0n) is 15.0. The van der Waals surface area contributed by atoms with Crippen LogP contribution in [0.5, 0.6) is 0 Å². The number of halogens is 4. The first-order valence-electron chi connectivity index (χ1n) is 8.31. The van der Waals surface area contributed by atoms with E-state index in [1.54, 1.807) is 11.6 Å². The van der Waals surface area contributed by atoms with Gasteiger partial charge in [-0.3, -0.25) is 0 Å². The molecule has 0 N–H and O–H groups in total. The van der Waals surface area contributed by atoms with Gasteiger partial charge in [0.25, 0.3) is 0 Å². The van der Waals surface area contributed by atoms with Gasteiger partial charge in [0.1, 0.15) is 11.9 Å². The van der Waals surface area contributed by atoms with Crippen molar-refractivity contribution in [3.8, 4) is 0 Å². The SMILES string of the molecule is CCN([C@H](c1ccc(F)cc1)C(F)(F)F)S(=O)(=O)c1ccc2ncn(C)c2c1. The van der Waals surface area contributed by atoms with Gasteiger partial charge in [-0.05, 0) is 35.9 Å². The van der Waals surface area contributed by atoms with Crippen LogP contribution in [0.25, 0.3) is 11.0 Å². The summed E-state index contributed by atoms with van der Waals surface area (Å²) in [5.74, 6) is -0.711. The topological polar surface area (TPSA) is 55.2 Å². The first-order valence-corrected chi connectivity index (χ1v) is 9.75. The Morgan fingerprint density at radius 3 is 2.36 bits per heavy atom. The molecule has 5 nitrogen and oxygen atoms in total. The van der Waals surface area contributed by atoms with Crippen LogP contribution >= 0.6 is 0 Å². The van der Waals surface area contributed by atoms with E-state index in [1.807, 2.05) is 0 Å². The number of imidazole rings is 1. The van der Waals surface area contributed by atoms with Crippen LogP contribution in [0.4, 0.5) is 17.6 Å². The second-order valence-corrected chi connectivity index (χ2v) is 8.10. The van der Waals surface area contributed by atoms with Gasteiger partial charge >= 0.3 is 6.18 Å². The summed E-state index contributed by atoms with van der Waals surface area (Å²) in [6.45, 7) is 0.899. The number of rotatable bonds is 5. The summed E-state index contributed by atoms with van der Waals surface area (Å²) in [5.41, 5.74) is 0.638. The molecular weight excluding hydrogens is 398 g/mol. The number of sulfonamides is 1. The summed E-state index contributed by atoms with van der Waals surface area (Å²) in [6, 6.07) is 5.14. The lowest BCUT2D eigenvalue weighted by atomic mass is 10.1. The minimum absolute atomic E-state index is 0.276. The molecule has 1 heterocycles. The van der Waals surface area contributed by atoms with Crippen molar-refractivity contribution in [2.45, 2.75) is 24.0 Å². The molecule has 10 heteroatoms. The van der Waals surface area contributed by atoms with Crippen LogP contribution in [0.15, 0.2) is 53.7 Å². The second-order valence-electron chi connectivity index (χ2n) is 6.21. The fourth-order valence-electron chi connectivity index (χ4n) is 3.06. The minimum atomic E-state index is -4.89. The number of fused-ring (bicyclic) bond motifs is 1. The molecule has 1 aromatic heterocycles. The van der Waals surface area contributed by atoms with Gasteiger partial charge in [0.15, 0.2) is 0 Å². The van der Waals surface area contributed by atoms with E-state index in [2.05, 4.69) is 4.98 Å². The smallest absolute Gasteiger partial charge is 0.334 e. The van der Waals surface area contributed by atoms with Crippen molar-refractivity contribution in [1.29, 1.82) is 0 Å². The summed E-state index contributed by atoms with van der Waals surface area (Å²) < 4.78 is 82.8. The maximum Gasteiger partial charge on any atom is 0.409 e. The molecule has 0 aliphatic rings. The van der Waals surface area contributed by atoms with Gasteiger partial charge in [0.2, 0.25) is 10.0 Å². The van der Waals surface area contributed by atoms with Crippen molar-refractivity contribution in [1.82, 2.24) is 13.9 Å². The molecule has 150 valence electrons. The lowest BCUT2D eigenvalue weighted by molar-refractivity contribution is -0.173. The minimum Gasteiger partial charge on any atom is -0.334 e. The fourth-order valence-corrected chi connectivity index (χ4v) is 4.69. The third kappa shape index (κ3) is 3.61. The van der Waals surface area contributed by atoms with Crippen LogP contribution in [-0.2, 0) is 17.1 Å². The number of hydrogen-bond acceptors (Lipinski definition) is 3. The van der Waals surface area contributed by atoms with Crippen molar-refractivity contribution in [2.75, 3.05) is 6.54 Å². The highest BCUT2D eigenvalue weighted by Crippen LogP contribution is 2.40. The maximum atomic E-state index is 13.8. The number of hydrogen-bond donors (Lipinski definition) is 0. The summed E-state index contributed by atoms with van der Waals surface area (Å²) >= 11 is 0. The summed E-state index contributed by atoms with van der Waals surface area (Å²) in [7, 11) is -2.85. The zero-order chi connectivity index (χ0) is 20.7. The molecule has 0 saturated heterocycles. The van der Waals surface area contributed by atoms with E-state index in [1.165, 1.54) is 31.5 Å². The highest BCUT2D eigenvalue weighted by atomic mass is 32.2. The van der Waals surface area contributed by atoms with E-state index in [-0.39, 0.29) is 10.5 Å². The number of benzene rings is 2. The molecule has 28 heavy (non-hydrogen) atoms. The third-order valence-electron chi connectivity index (χ3n) is 4.40. The molecule has 0 spiro atoms. The molecule has 3 aromatic rings. The van der Waals surface area contributed by atoms with E-state index in [4.69, 9.17) is 0 Å². The van der Waals surface area contributed by atoms with Crippen molar-refractivity contribution in [2.24, 2.45) is 7.05 Å². The maximum absolute atomic E-state index is 13.8. The van der Waals surface area contributed by atoms with Gasteiger partial charge in [-0.15, -0.1) is 0 Å². The van der Waals surface area contributed by atoms with Gasteiger partial charge in [-0.1, -0.05) is 19.1 Å². The number of aryl methyl sites for hydroxylation is 1. The Labute approximate surface area is 159 Å². The summed E-state index contributed by atoms with van der Waals surface area (Å²) in [6.07, 6.45) is -3.41. The largest absolute Gasteiger partial charge is 0.409 e. The van der Waals surface area contributed by atoms with Gasteiger partial charge < -0.3 is 4.57 Å². The van der Waals surface area contributed by atoms with Crippen LogP contribution < -0.4 is 0 Å². The molecule has 0 aliphatic carbocycles. The number of aromatic nitrogens is 2.